The highest BCUT2D eigenvalue weighted by Crippen LogP contribution is 2.67. The van der Waals surface area contributed by atoms with E-state index in [1.54, 1.807) is 0 Å². The Balaban J connectivity index is 1.74. The van der Waals surface area contributed by atoms with Crippen LogP contribution in [0.1, 0.15) is 58.8 Å². The Hall–Kier alpha value is -1.19. The van der Waals surface area contributed by atoms with E-state index in [9.17, 15) is 14.6 Å². The molecular formula is C19H28FNO2. The molecule has 2 fully saturated rings. The summed E-state index contributed by atoms with van der Waals surface area (Å²) in [5.74, 6) is 1.66. The molecule has 0 heterocycles. The number of hydrogen-bond donors (Lipinski definition) is 3. The van der Waals surface area contributed by atoms with E-state index < -0.39 is 0 Å². The maximum atomic E-state index is 14.2. The van der Waals surface area contributed by atoms with E-state index in [4.69, 9.17) is 5.73 Å². The number of aliphatic hydroxyl groups excluding tert-OH is 2. The monoisotopic (exact) mass is 321 g/mol. The van der Waals surface area contributed by atoms with Crippen LogP contribution >= 0.6 is 0 Å². The zero-order valence-electron chi connectivity index (χ0n) is 14.1. The van der Waals surface area contributed by atoms with E-state index in [0.717, 1.165) is 32.1 Å². The molecular weight excluding hydrogens is 293 g/mol. The highest BCUT2D eigenvalue weighted by atomic mass is 19.1. The number of fused-ring (bicyclic) bond motifs is 5. The predicted molar refractivity (Wildman–Crippen MR) is 87.1 cm³/mol. The summed E-state index contributed by atoms with van der Waals surface area (Å²) in [4.78, 5) is 0. The summed E-state index contributed by atoms with van der Waals surface area (Å²) in [6, 6.07) is 0. The molecule has 3 nitrogen and oxygen atoms in total. The lowest BCUT2D eigenvalue weighted by Gasteiger charge is -2.59. The van der Waals surface area contributed by atoms with Crippen molar-refractivity contribution in [3.8, 4) is 0 Å². The van der Waals surface area contributed by atoms with Crippen molar-refractivity contribution in [2.24, 2.45) is 40.2 Å². The van der Waals surface area contributed by atoms with E-state index in [0.29, 0.717) is 36.3 Å². The summed E-state index contributed by atoms with van der Waals surface area (Å²) in [5.41, 5.74) is 6.02. The smallest absolute Gasteiger partial charge is 0.136 e. The summed E-state index contributed by atoms with van der Waals surface area (Å²) in [7, 11) is 0. The van der Waals surface area contributed by atoms with Gasteiger partial charge >= 0.3 is 0 Å². The maximum Gasteiger partial charge on any atom is 0.136 e. The molecule has 0 radical (unpaired) electrons. The SMILES string of the molecule is C[C@]12C(O)=C(O)CCC1CC[C@@H]1[C@@H]2CC[C@]2(C)C(N)=C(F)C[C@@H]12. The van der Waals surface area contributed by atoms with Crippen LogP contribution < -0.4 is 5.73 Å². The van der Waals surface area contributed by atoms with Crippen LogP contribution in [0, 0.1) is 34.5 Å². The quantitative estimate of drug-likeness (QED) is 0.605. The molecule has 4 aliphatic carbocycles. The zero-order chi connectivity index (χ0) is 16.6. The van der Waals surface area contributed by atoms with Crippen molar-refractivity contribution >= 4 is 0 Å². The Morgan fingerprint density at radius 3 is 2.57 bits per heavy atom. The van der Waals surface area contributed by atoms with E-state index in [1.807, 2.05) is 0 Å². The first kappa shape index (κ1) is 15.3. The van der Waals surface area contributed by atoms with Gasteiger partial charge in [0.15, 0.2) is 0 Å². The van der Waals surface area contributed by atoms with Gasteiger partial charge in [0.2, 0.25) is 0 Å². The van der Waals surface area contributed by atoms with Crippen molar-refractivity contribution in [2.45, 2.75) is 58.8 Å². The second-order valence-corrected chi connectivity index (χ2v) is 8.75. The van der Waals surface area contributed by atoms with Gasteiger partial charge in [-0.2, -0.15) is 0 Å². The number of hydrogen-bond acceptors (Lipinski definition) is 3. The third kappa shape index (κ3) is 1.75. The van der Waals surface area contributed by atoms with Gasteiger partial charge in [-0.15, -0.1) is 0 Å². The van der Waals surface area contributed by atoms with Crippen LogP contribution in [0.2, 0.25) is 0 Å². The average molecular weight is 321 g/mol. The second-order valence-electron chi connectivity index (χ2n) is 8.75. The Morgan fingerprint density at radius 1 is 1.09 bits per heavy atom. The molecule has 2 saturated carbocycles. The van der Waals surface area contributed by atoms with Crippen molar-refractivity contribution in [1.82, 2.24) is 0 Å². The summed E-state index contributed by atoms with van der Waals surface area (Å²) >= 11 is 0. The van der Waals surface area contributed by atoms with E-state index >= 15 is 0 Å². The summed E-state index contributed by atoms with van der Waals surface area (Å²) < 4.78 is 14.2. The first-order valence-corrected chi connectivity index (χ1v) is 9.06. The molecule has 0 aliphatic heterocycles. The van der Waals surface area contributed by atoms with Gasteiger partial charge in [0.25, 0.3) is 0 Å². The minimum absolute atomic E-state index is 0.114. The van der Waals surface area contributed by atoms with Crippen LogP contribution in [0.5, 0.6) is 0 Å². The van der Waals surface area contributed by atoms with Gasteiger partial charge in [0, 0.05) is 29.4 Å². The summed E-state index contributed by atoms with van der Waals surface area (Å²) in [5, 5.41) is 20.8. The molecule has 6 atom stereocenters. The molecule has 0 saturated heterocycles. The molecule has 23 heavy (non-hydrogen) atoms. The van der Waals surface area contributed by atoms with Gasteiger partial charge in [-0.3, -0.25) is 0 Å². The Labute approximate surface area is 137 Å². The van der Waals surface area contributed by atoms with E-state index in [1.165, 1.54) is 0 Å². The predicted octanol–water partition coefficient (Wildman–Crippen LogP) is 4.72. The van der Waals surface area contributed by atoms with Crippen molar-refractivity contribution in [1.29, 1.82) is 0 Å². The number of aliphatic hydroxyl groups is 2. The fourth-order valence-electron chi connectivity index (χ4n) is 6.63. The molecule has 0 amide bonds. The van der Waals surface area contributed by atoms with Gasteiger partial charge in [-0.1, -0.05) is 13.8 Å². The zero-order valence-corrected chi connectivity index (χ0v) is 14.1. The molecule has 4 aliphatic rings. The van der Waals surface area contributed by atoms with Crippen LogP contribution in [-0.4, -0.2) is 10.2 Å². The van der Waals surface area contributed by atoms with Gasteiger partial charge in [0.1, 0.15) is 17.3 Å². The highest BCUT2D eigenvalue weighted by Gasteiger charge is 2.61. The standard InChI is InChI=1S/C19H28FNO2/c1-18-8-7-12-11(13(18)9-14(20)16(18)21)5-3-10-4-6-15(22)17(23)19(10,12)2/h10-13,22-23H,3-9,21H2,1-2H3/t10?,11-,12+,13+,18+,19+/m1/s1. The lowest BCUT2D eigenvalue weighted by Crippen LogP contribution is -2.53. The number of rotatable bonds is 0. The van der Waals surface area contributed by atoms with Crippen molar-refractivity contribution in [2.75, 3.05) is 0 Å². The molecule has 0 spiro atoms. The minimum Gasteiger partial charge on any atom is -0.509 e. The Kier molecular flexibility index (Phi) is 3.12. The van der Waals surface area contributed by atoms with Crippen LogP contribution in [-0.2, 0) is 0 Å². The maximum absolute atomic E-state index is 14.2. The molecule has 128 valence electrons. The largest absolute Gasteiger partial charge is 0.509 e. The molecule has 4 heteroatoms. The first-order chi connectivity index (χ1) is 10.8. The summed E-state index contributed by atoms with van der Waals surface area (Å²) in [6.07, 6.45) is 5.99. The highest BCUT2D eigenvalue weighted by molar-refractivity contribution is 5.28. The lowest BCUT2D eigenvalue weighted by atomic mass is 9.45. The molecule has 4 N–H and O–H groups in total. The normalized spacial score (nSPS) is 49.7. The van der Waals surface area contributed by atoms with E-state index in [2.05, 4.69) is 13.8 Å². The van der Waals surface area contributed by atoms with Crippen LogP contribution in [0.3, 0.4) is 0 Å². The Morgan fingerprint density at radius 2 is 1.83 bits per heavy atom. The average Bonchev–Trinajstić information content (AvgIpc) is 2.76. The lowest BCUT2D eigenvalue weighted by molar-refractivity contribution is -0.0911. The molecule has 0 aromatic heterocycles. The van der Waals surface area contributed by atoms with Gasteiger partial charge in [-0.05, 0) is 55.8 Å². The van der Waals surface area contributed by atoms with Crippen molar-refractivity contribution in [3.63, 3.8) is 0 Å². The van der Waals surface area contributed by atoms with Crippen LogP contribution in [0.4, 0.5) is 4.39 Å². The van der Waals surface area contributed by atoms with Gasteiger partial charge in [-0.25, -0.2) is 4.39 Å². The van der Waals surface area contributed by atoms with Crippen LogP contribution in [0.25, 0.3) is 0 Å². The van der Waals surface area contributed by atoms with E-state index in [-0.39, 0.29) is 34.1 Å². The second kappa shape index (κ2) is 4.67. The number of nitrogens with two attached hydrogens (primary N) is 1. The molecule has 0 bridgehead atoms. The topological polar surface area (TPSA) is 66.5 Å². The van der Waals surface area contributed by atoms with Gasteiger partial charge in [0.05, 0.1) is 0 Å². The third-order valence-corrected chi connectivity index (χ3v) is 8.11. The minimum atomic E-state index is -0.347. The molecule has 0 aromatic carbocycles. The Bertz CT molecular complexity index is 612. The molecule has 4 rings (SSSR count). The number of allylic oxidation sites excluding steroid dienone is 4. The molecule has 0 aromatic rings. The van der Waals surface area contributed by atoms with Gasteiger partial charge < -0.3 is 15.9 Å². The molecule has 1 unspecified atom stereocenters. The fourth-order valence-corrected chi connectivity index (χ4v) is 6.63. The van der Waals surface area contributed by atoms with Crippen molar-refractivity contribution < 1.29 is 14.6 Å². The number of halogens is 1. The van der Waals surface area contributed by atoms with Crippen LogP contribution in [0.15, 0.2) is 23.0 Å². The summed E-state index contributed by atoms with van der Waals surface area (Å²) in [6.45, 7) is 4.25. The third-order valence-electron chi connectivity index (χ3n) is 8.11. The first-order valence-electron chi connectivity index (χ1n) is 9.06. The fraction of sp³-hybridized carbons (Fsp3) is 0.789. The van der Waals surface area contributed by atoms with Crippen molar-refractivity contribution in [3.05, 3.63) is 23.0 Å².